The summed E-state index contributed by atoms with van der Waals surface area (Å²) in [5.74, 6) is 1.09. The van der Waals surface area contributed by atoms with Crippen LogP contribution in [0.1, 0.15) is 44.2 Å². The number of hydrogen-bond donors (Lipinski definition) is 1. The van der Waals surface area contributed by atoms with Crippen LogP contribution in [0.2, 0.25) is 0 Å². The monoisotopic (exact) mass is 345 g/mol. The summed E-state index contributed by atoms with van der Waals surface area (Å²) in [5, 5.41) is 3.39. The third-order valence-electron chi connectivity index (χ3n) is 5.18. The Hall–Kier alpha value is -1.59. The van der Waals surface area contributed by atoms with Gasteiger partial charge in [0, 0.05) is 44.8 Å². The van der Waals surface area contributed by atoms with Crippen LogP contribution in [0.5, 0.6) is 5.75 Å². The van der Waals surface area contributed by atoms with E-state index in [0.29, 0.717) is 6.61 Å². The van der Waals surface area contributed by atoms with Crippen molar-refractivity contribution in [2.75, 3.05) is 45.9 Å². The van der Waals surface area contributed by atoms with Gasteiger partial charge in [-0.15, -0.1) is 0 Å². The highest BCUT2D eigenvalue weighted by Gasteiger charge is 2.34. The summed E-state index contributed by atoms with van der Waals surface area (Å²) in [7, 11) is 0. The van der Waals surface area contributed by atoms with Gasteiger partial charge in [0.1, 0.15) is 11.8 Å². The van der Waals surface area contributed by atoms with Gasteiger partial charge in [0.05, 0.1) is 6.61 Å². The predicted molar refractivity (Wildman–Crippen MR) is 99.8 cm³/mol. The van der Waals surface area contributed by atoms with Gasteiger partial charge < -0.3 is 15.0 Å². The first kappa shape index (κ1) is 18.2. The van der Waals surface area contributed by atoms with Crippen molar-refractivity contribution in [3.8, 4) is 5.75 Å². The second kappa shape index (κ2) is 9.20. The molecular weight excluding hydrogens is 314 g/mol. The van der Waals surface area contributed by atoms with E-state index in [9.17, 15) is 4.79 Å². The summed E-state index contributed by atoms with van der Waals surface area (Å²) >= 11 is 0. The van der Waals surface area contributed by atoms with E-state index in [1.54, 1.807) is 0 Å². The SMILES string of the molecule is CCOc1ccccc1C(C(=O)N1CCCCCC1)N1CCNCC1. The van der Waals surface area contributed by atoms with Crippen LogP contribution in [-0.2, 0) is 4.79 Å². The maximum atomic E-state index is 13.5. The largest absolute Gasteiger partial charge is 0.494 e. The van der Waals surface area contributed by atoms with E-state index >= 15 is 0 Å². The van der Waals surface area contributed by atoms with Crippen LogP contribution in [0.3, 0.4) is 0 Å². The molecule has 1 amide bonds. The van der Waals surface area contributed by atoms with Crippen LogP contribution in [0.4, 0.5) is 0 Å². The Morgan fingerprint density at radius 2 is 1.76 bits per heavy atom. The average Bonchev–Trinajstić information content (AvgIpc) is 2.94. The summed E-state index contributed by atoms with van der Waals surface area (Å²) in [4.78, 5) is 17.9. The van der Waals surface area contributed by atoms with Crippen molar-refractivity contribution >= 4 is 5.91 Å². The summed E-state index contributed by atoms with van der Waals surface area (Å²) in [6.07, 6.45) is 4.70. The highest BCUT2D eigenvalue weighted by atomic mass is 16.5. The molecule has 0 saturated carbocycles. The van der Waals surface area contributed by atoms with Gasteiger partial charge >= 0.3 is 0 Å². The van der Waals surface area contributed by atoms with Gasteiger partial charge in [0.15, 0.2) is 0 Å². The molecule has 138 valence electrons. The molecule has 1 aromatic rings. The number of nitrogens with zero attached hydrogens (tertiary/aromatic N) is 2. The molecule has 0 spiro atoms. The quantitative estimate of drug-likeness (QED) is 0.890. The molecule has 1 aromatic carbocycles. The minimum Gasteiger partial charge on any atom is -0.494 e. The van der Waals surface area contributed by atoms with E-state index in [1.165, 1.54) is 12.8 Å². The number of hydrogen-bond acceptors (Lipinski definition) is 4. The molecule has 1 N–H and O–H groups in total. The Kier molecular flexibility index (Phi) is 6.70. The highest BCUT2D eigenvalue weighted by Crippen LogP contribution is 2.32. The van der Waals surface area contributed by atoms with E-state index in [1.807, 2.05) is 25.1 Å². The molecule has 0 aliphatic carbocycles. The van der Waals surface area contributed by atoms with Crippen molar-refractivity contribution in [3.63, 3.8) is 0 Å². The minimum atomic E-state index is -0.233. The lowest BCUT2D eigenvalue weighted by Gasteiger charge is -2.37. The lowest BCUT2D eigenvalue weighted by molar-refractivity contribution is -0.137. The maximum Gasteiger partial charge on any atom is 0.244 e. The fraction of sp³-hybridized carbons (Fsp3) is 0.650. The summed E-state index contributed by atoms with van der Waals surface area (Å²) in [6.45, 7) is 8.03. The fourth-order valence-electron chi connectivity index (χ4n) is 3.88. The number of likely N-dealkylation sites (tertiary alicyclic amines) is 1. The lowest BCUT2D eigenvalue weighted by Crippen LogP contribution is -2.50. The number of carbonyl (C=O) groups is 1. The Labute approximate surface area is 151 Å². The van der Waals surface area contributed by atoms with Crippen LogP contribution in [0.25, 0.3) is 0 Å². The first-order valence-corrected chi connectivity index (χ1v) is 9.76. The van der Waals surface area contributed by atoms with Crippen molar-refractivity contribution in [3.05, 3.63) is 29.8 Å². The van der Waals surface area contributed by atoms with Gasteiger partial charge in [0.25, 0.3) is 0 Å². The van der Waals surface area contributed by atoms with E-state index in [4.69, 9.17) is 4.74 Å². The zero-order valence-corrected chi connectivity index (χ0v) is 15.4. The number of carbonyl (C=O) groups excluding carboxylic acids is 1. The van der Waals surface area contributed by atoms with Crippen molar-refractivity contribution in [1.82, 2.24) is 15.1 Å². The molecule has 3 rings (SSSR count). The van der Waals surface area contributed by atoms with Crippen LogP contribution < -0.4 is 10.1 Å². The van der Waals surface area contributed by atoms with Gasteiger partial charge in [-0.3, -0.25) is 9.69 Å². The number of nitrogens with one attached hydrogen (secondary N) is 1. The zero-order chi connectivity index (χ0) is 17.5. The van der Waals surface area contributed by atoms with E-state index in [-0.39, 0.29) is 11.9 Å². The molecular formula is C20H31N3O2. The number of benzene rings is 1. The molecule has 2 aliphatic heterocycles. The molecule has 2 fully saturated rings. The highest BCUT2D eigenvalue weighted by molar-refractivity contribution is 5.84. The molecule has 1 unspecified atom stereocenters. The summed E-state index contributed by atoms with van der Waals surface area (Å²) < 4.78 is 5.86. The average molecular weight is 345 g/mol. The van der Waals surface area contributed by atoms with Crippen LogP contribution in [-0.4, -0.2) is 61.6 Å². The van der Waals surface area contributed by atoms with Crippen molar-refractivity contribution in [2.45, 2.75) is 38.6 Å². The predicted octanol–water partition coefficient (Wildman–Crippen LogP) is 2.43. The number of amides is 1. The Morgan fingerprint density at radius 1 is 1.08 bits per heavy atom. The maximum absolute atomic E-state index is 13.5. The summed E-state index contributed by atoms with van der Waals surface area (Å²) in [6, 6.07) is 7.82. The second-order valence-electron chi connectivity index (χ2n) is 6.90. The molecule has 5 heteroatoms. The number of piperazine rings is 1. The van der Waals surface area contributed by atoms with Crippen LogP contribution >= 0.6 is 0 Å². The standard InChI is InChI=1S/C20H31N3O2/c1-2-25-18-10-6-5-9-17(18)19(22-15-11-21-12-16-22)20(24)23-13-7-3-4-8-14-23/h5-6,9-10,19,21H,2-4,7-8,11-16H2,1H3. The molecule has 2 heterocycles. The van der Waals surface area contributed by atoms with Crippen LogP contribution in [0, 0.1) is 0 Å². The minimum absolute atomic E-state index is 0.233. The Morgan fingerprint density at radius 3 is 2.44 bits per heavy atom. The second-order valence-corrected chi connectivity index (χ2v) is 6.90. The molecule has 2 saturated heterocycles. The number of para-hydroxylation sites is 1. The molecule has 0 radical (unpaired) electrons. The summed E-state index contributed by atoms with van der Waals surface area (Å²) in [5.41, 5.74) is 1.01. The Bertz CT molecular complexity index is 550. The van der Waals surface area contributed by atoms with Gasteiger partial charge in [-0.2, -0.15) is 0 Å². The van der Waals surface area contributed by atoms with Gasteiger partial charge in [-0.25, -0.2) is 0 Å². The van der Waals surface area contributed by atoms with Crippen molar-refractivity contribution in [2.24, 2.45) is 0 Å². The van der Waals surface area contributed by atoms with E-state index < -0.39 is 0 Å². The first-order chi connectivity index (χ1) is 12.3. The number of ether oxygens (including phenoxy) is 1. The molecule has 0 aromatic heterocycles. The normalized spacial score (nSPS) is 20.8. The molecule has 0 bridgehead atoms. The van der Waals surface area contributed by atoms with Crippen molar-refractivity contribution in [1.29, 1.82) is 0 Å². The van der Waals surface area contributed by atoms with Gasteiger partial charge in [-0.1, -0.05) is 31.0 Å². The zero-order valence-electron chi connectivity index (χ0n) is 15.4. The van der Waals surface area contributed by atoms with Gasteiger partial charge in [-0.05, 0) is 25.8 Å². The van der Waals surface area contributed by atoms with Gasteiger partial charge in [0.2, 0.25) is 5.91 Å². The fourth-order valence-corrected chi connectivity index (χ4v) is 3.88. The van der Waals surface area contributed by atoms with E-state index in [2.05, 4.69) is 21.2 Å². The van der Waals surface area contributed by atoms with E-state index in [0.717, 1.165) is 63.4 Å². The molecule has 1 atom stereocenters. The molecule has 25 heavy (non-hydrogen) atoms. The molecule has 2 aliphatic rings. The third-order valence-corrected chi connectivity index (χ3v) is 5.18. The van der Waals surface area contributed by atoms with Crippen molar-refractivity contribution < 1.29 is 9.53 Å². The topological polar surface area (TPSA) is 44.8 Å². The molecule has 5 nitrogen and oxygen atoms in total. The lowest BCUT2D eigenvalue weighted by atomic mass is 10.0. The smallest absolute Gasteiger partial charge is 0.244 e. The first-order valence-electron chi connectivity index (χ1n) is 9.76. The third kappa shape index (κ3) is 4.53. The van der Waals surface area contributed by atoms with Crippen LogP contribution in [0.15, 0.2) is 24.3 Å². The Balaban J connectivity index is 1.90. The number of rotatable bonds is 5.